The van der Waals surface area contributed by atoms with Crippen molar-refractivity contribution in [3.63, 3.8) is 0 Å². The Balaban J connectivity index is 3.43. The zero-order chi connectivity index (χ0) is 36.4. The number of aliphatic hydroxyl groups excluding tert-OH is 1. The van der Waals surface area contributed by atoms with E-state index >= 15 is 0 Å². The minimum atomic E-state index is -0.761. The van der Waals surface area contributed by atoms with Crippen LogP contribution in [-0.4, -0.2) is 36.4 Å². The fourth-order valence-corrected chi connectivity index (χ4v) is 6.97. The highest BCUT2D eigenvalue weighted by Gasteiger charge is 2.16. The van der Waals surface area contributed by atoms with Crippen LogP contribution in [0.15, 0.2) is 0 Å². The number of unbranched alkanes of at least 4 members (excludes halogenated alkanes) is 34. The van der Waals surface area contributed by atoms with Gasteiger partial charge in [0.25, 0.3) is 0 Å². The van der Waals surface area contributed by atoms with Crippen LogP contribution in [0.2, 0.25) is 0 Å². The largest absolute Gasteiger partial charge is 0.462 e. The fraction of sp³-hybridized carbons (Fsp3) is 0.956. The summed E-state index contributed by atoms with van der Waals surface area (Å²) in [6.45, 7) is 4.18. The van der Waals surface area contributed by atoms with Crippen LogP contribution in [-0.2, 0) is 19.1 Å². The summed E-state index contributed by atoms with van der Waals surface area (Å²) < 4.78 is 10.6. The standard InChI is InChI=1S/C45H88O5/c1-3-5-7-9-11-13-15-17-18-19-20-21-22-23-24-25-26-28-30-32-34-36-38-40-45(48)50-43(41-46)42-49-44(47)39-37-35-33-31-29-27-16-14-12-10-8-6-4-2/h43,46H,3-42H2,1-2H3. The quantitative estimate of drug-likeness (QED) is 0.0505. The van der Waals surface area contributed by atoms with Crippen molar-refractivity contribution in [2.24, 2.45) is 0 Å². The average molecular weight is 709 g/mol. The van der Waals surface area contributed by atoms with Crippen molar-refractivity contribution in [2.45, 2.75) is 264 Å². The van der Waals surface area contributed by atoms with Crippen LogP contribution in [0.1, 0.15) is 258 Å². The third kappa shape index (κ3) is 39.7. The van der Waals surface area contributed by atoms with E-state index in [1.54, 1.807) is 0 Å². The smallest absolute Gasteiger partial charge is 0.306 e. The van der Waals surface area contributed by atoms with Crippen LogP contribution in [0.25, 0.3) is 0 Å². The Labute approximate surface area is 312 Å². The van der Waals surface area contributed by atoms with Crippen LogP contribution in [0.4, 0.5) is 0 Å². The van der Waals surface area contributed by atoms with Crippen molar-refractivity contribution in [1.29, 1.82) is 0 Å². The highest BCUT2D eigenvalue weighted by molar-refractivity contribution is 5.70. The van der Waals surface area contributed by atoms with E-state index in [1.165, 1.54) is 199 Å². The third-order valence-corrected chi connectivity index (χ3v) is 10.4. The first-order valence-electron chi connectivity index (χ1n) is 22.6. The molecule has 0 amide bonds. The predicted octanol–water partition coefficient (Wildman–Crippen LogP) is 14.3. The van der Waals surface area contributed by atoms with Crippen molar-refractivity contribution in [1.82, 2.24) is 0 Å². The number of hydrogen-bond donors (Lipinski definition) is 1. The summed E-state index contributed by atoms with van der Waals surface area (Å²) >= 11 is 0. The second-order valence-corrected chi connectivity index (χ2v) is 15.5. The molecule has 0 bridgehead atoms. The zero-order valence-corrected chi connectivity index (χ0v) is 33.9. The second-order valence-electron chi connectivity index (χ2n) is 15.5. The Morgan fingerprint density at radius 2 is 0.620 bits per heavy atom. The molecule has 0 aromatic carbocycles. The summed E-state index contributed by atoms with van der Waals surface area (Å²) in [5.41, 5.74) is 0. The van der Waals surface area contributed by atoms with Crippen molar-refractivity contribution in [3.05, 3.63) is 0 Å². The maximum Gasteiger partial charge on any atom is 0.306 e. The summed E-state index contributed by atoms with van der Waals surface area (Å²) in [5.74, 6) is -0.572. The van der Waals surface area contributed by atoms with Gasteiger partial charge >= 0.3 is 11.9 Å². The molecule has 0 saturated carbocycles. The number of hydrogen-bond acceptors (Lipinski definition) is 5. The topological polar surface area (TPSA) is 72.8 Å². The van der Waals surface area contributed by atoms with Gasteiger partial charge in [0.05, 0.1) is 6.61 Å². The molecule has 0 aliphatic carbocycles. The van der Waals surface area contributed by atoms with Gasteiger partial charge in [-0.2, -0.15) is 0 Å². The van der Waals surface area contributed by atoms with E-state index in [-0.39, 0.29) is 25.2 Å². The van der Waals surface area contributed by atoms with Gasteiger partial charge in [-0.3, -0.25) is 9.59 Å². The first-order valence-corrected chi connectivity index (χ1v) is 22.6. The summed E-state index contributed by atoms with van der Waals surface area (Å²) in [7, 11) is 0. The van der Waals surface area contributed by atoms with Crippen molar-refractivity contribution in [2.75, 3.05) is 13.2 Å². The molecule has 0 aromatic heterocycles. The Hall–Kier alpha value is -1.10. The van der Waals surface area contributed by atoms with E-state index in [9.17, 15) is 14.7 Å². The molecule has 0 heterocycles. The summed E-state index contributed by atoms with van der Waals surface area (Å²) in [4.78, 5) is 24.3. The molecule has 50 heavy (non-hydrogen) atoms. The van der Waals surface area contributed by atoms with Crippen molar-refractivity contribution in [3.8, 4) is 0 Å². The lowest BCUT2D eigenvalue weighted by atomic mass is 10.0. The van der Waals surface area contributed by atoms with Gasteiger partial charge in [-0.1, -0.05) is 232 Å². The monoisotopic (exact) mass is 709 g/mol. The van der Waals surface area contributed by atoms with Gasteiger partial charge in [-0.05, 0) is 12.8 Å². The predicted molar refractivity (Wildman–Crippen MR) is 215 cm³/mol. The molecule has 5 heteroatoms. The zero-order valence-electron chi connectivity index (χ0n) is 33.9. The molecular weight excluding hydrogens is 620 g/mol. The highest BCUT2D eigenvalue weighted by atomic mass is 16.6. The molecule has 0 rings (SSSR count). The Kier molecular flexibility index (Phi) is 41.4. The van der Waals surface area contributed by atoms with E-state index in [0.717, 1.165) is 32.1 Å². The van der Waals surface area contributed by atoms with Gasteiger partial charge in [0.15, 0.2) is 6.10 Å². The lowest BCUT2D eigenvalue weighted by Crippen LogP contribution is -2.28. The minimum Gasteiger partial charge on any atom is -0.462 e. The van der Waals surface area contributed by atoms with Gasteiger partial charge < -0.3 is 14.6 Å². The molecule has 298 valence electrons. The molecule has 1 N–H and O–H groups in total. The molecule has 0 aliphatic heterocycles. The van der Waals surface area contributed by atoms with Crippen LogP contribution in [0.5, 0.6) is 0 Å². The maximum absolute atomic E-state index is 12.2. The molecule has 0 spiro atoms. The van der Waals surface area contributed by atoms with Crippen molar-refractivity contribution < 1.29 is 24.2 Å². The molecular formula is C45H88O5. The van der Waals surface area contributed by atoms with E-state index in [1.807, 2.05) is 0 Å². The number of carbonyl (C=O) groups excluding carboxylic acids is 2. The Morgan fingerprint density at radius 1 is 0.380 bits per heavy atom. The van der Waals surface area contributed by atoms with Gasteiger partial charge in [0.1, 0.15) is 6.61 Å². The Morgan fingerprint density at radius 3 is 0.880 bits per heavy atom. The van der Waals surface area contributed by atoms with E-state index in [4.69, 9.17) is 9.47 Å². The van der Waals surface area contributed by atoms with Crippen LogP contribution in [0.3, 0.4) is 0 Å². The normalized spacial score (nSPS) is 12.0. The van der Waals surface area contributed by atoms with Gasteiger partial charge in [-0.15, -0.1) is 0 Å². The first kappa shape index (κ1) is 48.9. The average Bonchev–Trinajstić information content (AvgIpc) is 3.12. The highest BCUT2D eigenvalue weighted by Crippen LogP contribution is 2.17. The number of carbonyl (C=O) groups is 2. The molecule has 0 saturated heterocycles. The molecule has 0 aliphatic rings. The number of esters is 2. The number of ether oxygens (including phenoxy) is 2. The summed E-state index contributed by atoms with van der Waals surface area (Å²) in [6.07, 6.45) is 47.6. The molecule has 1 unspecified atom stereocenters. The summed E-state index contributed by atoms with van der Waals surface area (Å²) in [6, 6.07) is 0. The first-order chi connectivity index (χ1) is 24.6. The minimum absolute atomic E-state index is 0.0566. The molecule has 0 radical (unpaired) electrons. The Bertz CT molecular complexity index is 680. The second kappa shape index (κ2) is 42.3. The van der Waals surface area contributed by atoms with Gasteiger partial charge in [-0.25, -0.2) is 0 Å². The van der Waals surface area contributed by atoms with Crippen LogP contribution < -0.4 is 0 Å². The summed E-state index contributed by atoms with van der Waals surface area (Å²) in [5, 5.41) is 9.57. The lowest BCUT2D eigenvalue weighted by Gasteiger charge is -2.15. The fourth-order valence-electron chi connectivity index (χ4n) is 6.97. The van der Waals surface area contributed by atoms with Gasteiger partial charge in [0.2, 0.25) is 0 Å². The molecule has 5 nitrogen and oxygen atoms in total. The van der Waals surface area contributed by atoms with E-state index in [0.29, 0.717) is 12.8 Å². The lowest BCUT2D eigenvalue weighted by molar-refractivity contribution is -0.161. The third-order valence-electron chi connectivity index (χ3n) is 10.4. The van der Waals surface area contributed by atoms with Crippen LogP contribution >= 0.6 is 0 Å². The SMILES string of the molecule is CCCCCCCCCCCCCCCCCCCCCCCCCC(=O)OC(CO)COC(=O)CCCCCCCCCCCCCCC. The number of aliphatic hydroxyl groups is 1. The van der Waals surface area contributed by atoms with Crippen molar-refractivity contribution >= 4 is 11.9 Å². The van der Waals surface area contributed by atoms with E-state index < -0.39 is 6.10 Å². The van der Waals surface area contributed by atoms with Gasteiger partial charge in [0, 0.05) is 12.8 Å². The van der Waals surface area contributed by atoms with Crippen LogP contribution in [0, 0.1) is 0 Å². The molecule has 0 aromatic rings. The number of rotatable bonds is 42. The molecule has 1 atom stereocenters. The van der Waals surface area contributed by atoms with E-state index in [2.05, 4.69) is 13.8 Å². The molecule has 0 fully saturated rings. The maximum atomic E-state index is 12.2.